The molecule has 1 aliphatic carbocycles. The highest BCUT2D eigenvalue weighted by Crippen LogP contribution is 2.47. The lowest BCUT2D eigenvalue weighted by atomic mass is 10.1. The Morgan fingerprint density at radius 2 is 2.17 bits per heavy atom. The molecule has 128 valence electrons. The van der Waals surface area contributed by atoms with E-state index in [0.29, 0.717) is 17.7 Å². The Morgan fingerprint density at radius 1 is 1.46 bits per heavy atom. The highest BCUT2D eigenvalue weighted by molar-refractivity contribution is 7.71. The molecule has 24 heavy (non-hydrogen) atoms. The Balaban J connectivity index is 1.51. The van der Waals surface area contributed by atoms with Crippen LogP contribution in [0.5, 0.6) is 0 Å². The number of amides is 1. The summed E-state index contributed by atoms with van der Waals surface area (Å²) in [4.78, 5) is 12.2. The Hall–Kier alpha value is -2.02. The average Bonchev–Trinajstić information content (AvgIpc) is 3.25. The molecule has 7 heteroatoms. The van der Waals surface area contributed by atoms with E-state index < -0.39 is 0 Å². The molecule has 0 bridgehead atoms. The van der Waals surface area contributed by atoms with Gasteiger partial charge >= 0.3 is 0 Å². The van der Waals surface area contributed by atoms with Crippen LogP contribution in [0.15, 0.2) is 24.3 Å². The molecule has 1 fully saturated rings. The first-order chi connectivity index (χ1) is 11.5. The van der Waals surface area contributed by atoms with Crippen molar-refractivity contribution in [1.82, 2.24) is 20.1 Å². The minimum Gasteiger partial charge on any atom is -0.355 e. The molecule has 1 aromatic carbocycles. The van der Waals surface area contributed by atoms with Crippen LogP contribution < -0.4 is 5.32 Å². The van der Waals surface area contributed by atoms with Gasteiger partial charge in [-0.15, -0.1) is 0 Å². The Morgan fingerprint density at radius 3 is 2.83 bits per heavy atom. The molecule has 2 unspecified atom stereocenters. The first-order valence-electron chi connectivity index (χ1n) is 8.16. The maximum atomic E-state index is 12.9. The third kappa shape index (κ3) is 3.56. The number of hydrogen-bond donors (Lipinski definition) is 2. The van der Waals surface area contributed by atoms with Crippen molar-refractivity contribution >= 4 is 18.1 Å². The molecule has 0 spiro atoms. The minimum atomic E-state index is -0.251. The van der Waals surface area contributed by atoms with Gasteiger partial charge in [-0.1, -0.05) is 12.1 Å². The number of hydrogen-bond acceptors (Lipinski definition) is 3. The smallest absolute Gasteiger partial charge is 0.223 e. The van der Waals surface area contributed by atoms with Crippen molar-refractivity contribution in [2.24, 2.45) is 5.92 Å². The Kier molecular flexibility index (Phi) is 4.80. The molecule has 1 heterocycles. The van der Waals surface area contributed by atoms with E-state index in [0.717, 1.165) is 17.8 Å². The van der Waals surface area contributed by atoms with E-state index in [1.54, 1.807) is 12.1 Å². The van der Waals surface area contributed by atoms with Crippen LogP contribution in [0.1, 0.15) is 43.6 Å². The molecule has 0 radical (unpaired) electrons. The largest absolute Gasteiger partial charge is 0.355 e. The van der Waals surface area contributed by atoms with Crippen LogP contribution in [0, 0.1) is 16.5 Å². The van der Waals surface area contributed by atoms with Crippen molar-refractivity contribution in [3.63, 3.8) is 0 Å². The summed E-state index contributed by atoms with van der Waals surface area (Å²) in [5.41, 5.74) is 1.03. The zero-order valence-corrected chi connectivity index (χ0v) is 14.6. The lowest BCUT2D eigenvalue weighted by molar-refractivity contribution is -0.122. The predicted molar refractivity (Wildman–Crippen MR) is 91.8 cm³/mol. The number of rotatable bonds is 6. The van der Waals surface area contributed by atoms with Gasteiger partial charge in [0.05, 0.1) is 0 Å². The molecule has 5 nitrogen and oxygen atoms in total. The van der Waals surface area contributed by atoms with Crippen LogP contribution in [0.4, 0.5) is 4.39 Å². The summed E-state index contributed by atoms with van der Waals surface area (Å²) in [7, 11) is 0. The van der Waals surface area contributed by atoms with E-state index in [1.807, 2.05) is 18.4 Å². The second kappa shape index (κ2) is 6.84. The van der Waals surface area contributed by atoms with Crippen LogP contribution in [-0.2, 0) is 11.2 Å². The average molecular weight is 348 g/mol. The summed E-state index contributed by atoms with van der Waals surface area (Å²) in [6.45, 7) is 4.62. The summed E-state index contributed by atoms with van der Waals surface area (Å²) in [6.07, 6.45) is 1.45. The Labute approximate surface area is 145 Å². The van der Waals surface area contributed by atoms with Crippen LogP contribution in [-0.4, -0.2) is 27.2 Å². The van der Waals surface area contributed by atoms with Gasteiger partial charge in [0, 0.05) is 24.9 Å². The molecule has 0 saturated heterocycles. The van der Waals surface area contributed by atoms with Crippen LogP contribution in [0.25, 0.3) is 0 Å². The molecule has 0 aliphatic heterocycles. The standard InChI is InChI=1S/C17H21FN4OS/c1-10(2)22-15(20-21-17(22)24)7-8-19-16(23)14-9-13(14)11-3-5-12(18)6-4-11/h3-6,10,13-14H,7-9H2,1-2H3,(H,19,23)(H,21,24). The summed E-state index contributed by atoms with van der Waals surface area (Å²) < 4.78 is 15.5. The summed E-state index contributed by atoms with van der Waals surface area (Å²) in [6, 6.07) is 6.63. The number of nitrogens with zero attached hydrogens (tertiary/aromatic N) is 2. The molecule has 2 N–H and O–H groups in total. The van der Waals surface area contributed by atoms with Gasteiger partial charge in [-0.3, -0.25) is 9.89 Å². The zero-order chi connectivity index (χ0) is 17.3. The van der Waals surface area contributed by atoms with E-state index in [2.05, 4.69) is 15.5 Å². The van der Waals surface area contributed by atoms with Crippen LogP contribution in [0.2, 0.25) is 0 Å². The van der Waals surface area contributed by atoms with E-state index in [4.69, 9.17) is 12.2 Å². The van der Waals surface area contributed by atoms with Crippen molar-refractivity contribution < 1.29 is 9.18 Å². The topological polar surface area (TPSA) is 62.7 Å². The van der Waals surface area contributed by atoms with E-state index in [9.17, 15) is 9.18 Å². The quantitative estimate of drug-likeness (QED) is 0.789. The number of benzene rings is 1. The third-order valence-corrected chi connectivity index (χ3v) is 4.66. The van der Waals surface area contributed by atoms with E-state index >= 15 is 0 Å². The maximum absolute atomic E-state index is 12.9. The molecule has 2 aromatic rings. The van der Waals surface area contributed by atoms with Crippen LogP contribution in [0.3, 0.4) is 0 Å². The maximum Gasteiger partial charge on any atom is 0.223 e. The summed E-state index contributed by atoms with van der Waals surface area (Å²) in [5, 5.41) is 9.99. The van der Waals surface area contributed by atoms with Gasteiger partial charge in [-0.2, -0.15) is 5.10 Å². The number of carbonyl (C=O) groups is 1. The number of carbonyl (C=O) groups excluding carboxylic acids is 1. The van der Waals surface area contributed by atoms with Gasteiger partial charge in [0.25, 0.3) is 0 Å². The fraction of sp³-hybridized carbons (Fsp3) is 0.471. The Bertz CT molecular complexity index is 781. The molecule has 1 aliphatic rings. The first-order valence-corrected chi connectivity index (χ1v) is 8.57. The molecule has 1 amide bonds. The molecular weight excluding hydrogens is 327 g/mol. The number of nitrogens with one attached hydrogen (secondary N) is 2. The lowest BCUT2D eigenvalue weighted by Gasteiger charge is -2.10. The monoisotopic (exact) mass is 348 g/mol. The van der Waals surface area contributed by atoms with Gasteiger partial charge in [0.1, 0.15) is 11.6 Å². The molecular formula is C17H21FN4OS. The van der Waals surface area contributed by atoms with Gasteiger partial charge in [-0.05, 0) is 56.1 Å². The number of H-pyrrole nitrogens is 1. The van der Waals surface area contributed by atoms with Crippen molar-refractivity contribution in [1.29, 1.82) is 0 Å². The van der Waals surface area contributed by atoms with Gasteiger partial charge in [0.2, 0.25) is 5.91 Å². The van der Waals surface area contributed by atoms with Crippen molar-refractivity contribution in [3.8, 4) is 0 Å². The van der Waals surface area contributed by atoms with Gasteiger partial charge in [0.15, 0.2) is 4.77 Å². The number of aromatic amines is 1. The summed E-state index contributed by atoms with van der Waals surface area (Å²) >= 11 is 5.21. The van der Waals surface area contributed by atoms with Crippen molar-refractivity contribution in [2.75, 3.05) is 6.54 Å². The van der Waals surface area contributed by atoms with Crippen LogP contribution >= 0.6 is 12.2 Å². The predicted octanol–water partition coefficient (Wildman–Crippen LogP) is 3.12. The van der Waals surface area contributed by atoms with Crippen molar-refractivity contribution in [2.45, 2.75) is 38.6 Å². The molecule has 1 saturated carbocycles. The summed E-state index contributed by atoms with van der Waals surface area (Å²) in [5.74, 6) is 0.840. The number of aromatic nitrogens is 3. The SMILES string of the molecule is CC(C)n1c(CCNC(=O)C2CC2c2ccc(F)cc2)n[nH]c1=S. The normalized spacial score (nSPS) is 19.5. The molecule has 1 aromatic heterocycles. The third-order valence-electron chi connectivity index (χ3n) is 4.37. The molecule has 2 atom stereocenters. The highest BCUT2D eigenvalue weighted by atomic mass is 32.1. The molecule has 3 rings (SSSR count). The minimum absolute atomic E-state index is 0.0126. The van der Waals surface area contributed by atoms with Gasteiger partial charge in [-0.25, -0.2) is 4.39 Å². The van der Waals surface area contributed by atoms with E-state index in [-0.39, 0.29) is 29.6 Å². The fourth-order valence-corrected chi connectivity index (χ4v) is 3.40. The van der Waals surface area contributed by atoms with Gasteiger partial charge < -0.3 is 9.88 Å². The zero-order valence-electron chi connectivity index (χ0n) is 13.8. The fourth-order valence-electron chi connectivity index (χ4n) is 3.04. The van der Waals surface area contributed by atoms with Crippen molar-refractivity contribution in [3.05, 3.63) is 46.2 Å². The number of halogens is 1. The second-order valence-corrected chi connectivity index (χ2v) is 6.84. The van der Waals surface area contributed by atoms with E-state index in [1.165, 1.54) is 12.1 Å². The highest BCUT2D eigenvalue weighted by Gasteiger charge is 2.43. The second-order valence-electron chi connectivity index (χ2n) is 6.45. The lowest BCUT2D eigenvalue weighted by Crippen LogP contribution is -2.28. The first kappa shape index (κ1) is 16.8.